The quantitative estimate of drug-likeness (QED) is 0.878. The van der Waals surface area contributed by atoms with Crippen LogP contribution < -0.4 is 5.32 Å². The van der Waals surface area contributed by atoms with Crippen molar-refractivity contribution in [3.05, 3.63) is 28.5 Å². The molecule has 1 saturated heterocycles. The Hall–Kier alpha value is -0.690. The first-order chi connectivity index (χ1) is 10.9. The molecule has 1 N–H and O–H groups in total. The monoisotopic (exact) mass is 360 g/mol. The van der Waals surface area contributed by atoms with E-state index in [-0.39, 0.29) is 15.5 Å². The van der Waals surface area contributed by atoms with E-state index in [1.807, 2.05) is 0 Å². The fraction of sp³-hybridized carbons (Fsp3) is 0.625. The zero-order valence-electron chi connectivity index (χ0n) is 13.2. The number of hydrogen-bond donors (Lipinski definition) is 1. The second kappa shape index (κ2) is 6.67. The Bertz CT molecular complexity index is 684. The van der Waals surface area contributed by atoms with Crippen molar-refractivity contribution in [3.8, 4) is 0 Å². The number of nitrogens with one attached hydrogen (secondary N) is 1. The van der Waals surface area contributed by atoms with E-state index >= 15 is 0 Å². The van der Waals surface area contributed by atoms with E-state index in [4.69, 9.17) is 11.6 Å². The van der Waals surface area contributed by atoms with Crippen LogP contribution in [0, 0.1) is 18.7 Å². The lowest BCUT2D eigenvalue weighted by atomic mass is 10.1. The number of sulfonamides is 1. The molecule has 128 valence electrons. The summed E-state index contributed by atoms with van der Waals surface area (Å²) in [7, 11) is -3.67. The van der Waals surface area contributed by atoms with Gasteiger partial charge in [0.15, 0.2) is 0 Å². The topological polar surface area (TPSA) is 49.4 Å². The van der Waals surface area contributed by atoms with Crippen LogP contribution in [-0.4, -0.2) is 38.4 Å². The zero-order chi connectivity index (χ0) is 16.6. The minimum atomic E-state index is -3.67. The maximum Gasteiger partial charge on any atom is 0.244 e. The molecule has 4 nitrogen and oxygen atoms in total. The van der Waals surface area contributed by atoms with Gasteiger partial charge < -0.3 is 5.32 Å². The van der Waals surface area contributed by atoms with Gasteiger partial charge >= 0.3 is 0 Å². The van der Waals surface area contributed by atoms with Crippen LogP contribution in [0.4, 0.5) is 4.39 Å². The maximum absolute atomic E-state index is 13.5. The SMILES string of the molecule is Cc1cc(S(=O)(=O)N2CCC(NCC3CC3)CC2)c(Cl)cc1F. The molecule has 23 heavy (non-hydrogen) atoms. The number of piperidine rings is 1. The lowest BCUT2D eigenvalue weighted by Crippen LogP contribution is -2.45. The summed E-state index contributed by atoms with van der Waals surface area (Å²) in [5.41, 5.74) is 0.286. The highest BCUT2D eigenvalue weighted by atomic mass is 35.5. The van der Waals surface area contributed by atoms with Gasteiger partial charge in [0.25, 0.3) is 0 Å². The van der Waals surface area contributed by atoms with E-state index in [0.717, 1.165) is 31.4 Å². The van der Waals surface area contributed by atoms with E-state index in [9.17, 15) is 12.8 Å². The second-order valence-corrected chi connectivity index (χ2v) is 8.88. The standard InChI is InChI=1S/C16H22ClFN2O2S/c1-11-8-16(14(17)9-15(11)18)23(21,22)20-6-4-13(5-7-20)19-10-12-2-3-12/h8-9,12-13,19H,2-7,10H2,1H3. The number of halogens is 2. The van der Waals surface area contributed by atoms with Gasteiger partial charge in [0.1, 0.15) is 10.7 Å². The molecule has 7 heteroatoms. The fourth-order valence-electron chi connectivity index (χ4n) is 2.92. The van der Waals surface area contributed by atoms with Crippen LogP contribution >= 0.6 is 11.6 Å². The van der Waals surface area contributed by atoms with E-state index < -0.39 is 15.8 Å². The molecule has 1 aliphatic carbocycles. The molecule has 0 atom stereocenters. The molecule has 0 bridgehead atoms. The summed E-state index contributed by atoms with van der Waals surface area (Å²) in [6.45, 7) is 3.52. The van der Waals surface area contributed by atoms with Gasteiger partial charge in [-0.2, -0.15) is 4.31 Å². The van der Waals surface area contributed by atoms with Gasteiger partial charge in [-0.1, -0.05) is 11.6 Å². The average Bonchev–Trinajstić information content (AvgIpc) is 3.33. The van der Waals surface area contributed by atoms with Crippen molar-refractivity contribution in [1.29, 1.82) is 0 Å². The molecule has 1 aromatic carbocycles. The highest BCUT2D eigenvalue weighted by Crippen LogP contribution is 2.30. The van der Waals surface area contributed by atoms with Crippen LogP contribution in [0.1, 0.15) is 31.2 Å². The molecule has 0 radical (unpaired) electrons. The number of hydrogen-bond acceptors (Lipinski definition) is 3. The van der Waals surface area contributed by atoms with Crippen molar-refractivity contribution < 1.29 is 12.8 Å². The van der Waals surface area contributed by atoms with Crippen molar-refractivity contribution >= 4 is 21.6 Å². The van der Waals surface area contributed by atoms with Crippen LogP contribution in [0.2, 0.25) is 5.02 Å². The zero-order valence-corrected chi connectivity index (χ0v) is 14.8. The average molecular weight is 361 g/mol. The Balaban J connectivity index is 1.67. The van der Waals surface area contributed by atoms with Crippen molar-refractivity contribution in [2.24, 2.45) is 5.92 Å². The van der Waals surface area contributed by atoms with Crippen molar-refractivity contribution in [2.45, 2.75) is 43.5 Å². The smallest absolute Gasteiger partial charge is 0.244 e. The molecule has 2 fully saturated rings. The molecule has 1 aromatic rings. The fourth-order valence-corrected chi connectivity index (χ4v) is 4.97. The largest absolute Gasteiger partial charge is 0.314 e. The van der Waals surface area contributed by atoms with Gasteiger partial charge in [0, 0.05) is 19.1 Å². The third kappa shape index (κ3) is 3.87. The molecule has 0 unspecified atom stereocenters. The molecule has 0 amide bonds. The first-order valence-corrected chi connectivity index (χ1v) is 9.89. The number of aryl methyl sites for hydroxylation is 1. The van der Waals surface area contributed by atoms with Crippen LogP contribution in [0.5, 0.6) is 0 Å². The molecule has 1 saturated carbocycles. The number of benzene rings is 1. The Morgan fingerprint density at radius 1 is 1.26 bits per heavy atom. The first-order valence-electron chi connectivity index (χ1n) is 8.07. The second-order valence-electron chi connectivity index (χ2n) is 6.56. The number of rotatable bonds is 5. The lowest BCUT2D eigenvalue weighted by molar-refractivity contribution is 0.288. The van der Waals surface area contributed by atoms with Crippen molar-refractivity contribution in [3.63, 3.8) is 0 Å². The minimum absolute atomic E-state index is 0.00227. The molecule has 1 heterocycles. The summed E-state index contributed by atoms with van der Waals surface area (Å²) in [6.07, 6.45) is 4.21. The van der Waals surface area contributed by atoms with Gasteiger partial charge in [-0.3, -0.25) is 0 Å². The highest BCUT2D eigenvalue weighted by Gasteiger charge is 2.32. The van der Waals surface area contributed by atoms with E-state index in [1.54, 1.807) is 6.92 Å². The van der Waals surface area contributed by atoms with Gasteiger partial charge in [-0.05, 0) is 62.8 Å². The van der Waals surface area contributed by atoms with Gasteiger partial charge in [-0.25, -0.2) is 12.8 Å². The third-order valence-corrected chi connectivity index (χ3v) is 7.04. The first kappa shape index (κ1) is 17.1. The van der Waals surface area contributed by atoms with E-state index in [2.05, 4.69) is 5.32 Å². The van der Waals surface area contributed by atoms with Crippen molar-refractivity contribution in [2.75, 3.05) is 19.6 Å². The van der Waals surface area contributed by atoms with Gasteiger partial charge in [-0.15, -0.1) is 0 Å². The molecular formula is C16H22ClFN2O2S. The maximum atomic E-state index is 13.5. The van der Waals surface area contributed by atoms with E-state index in [0.29, 0.717) is 19.1 Å². The van der Waals surface area contributed by atoms with Crippen molar-refractivity contribution in [1.82, 2.24) is 9.62 Å². The summed E-state index contributed by atoms with van der Waals surface area (Å²) in [5, 5.41) is 3.47. The Kier molecular flexibility index (Phi) is 4.97. The Labute approximate surface area is 142 Å². The van der Waals surface area contributed by atoms with Crippen LogP contribution in [-0.2, 0) is 10.0 Å². The highest BCUT2D eigenvalue weighted by molar-refractivity contribution is 7.89. The third-order valence-electron chi connectivity index (χ3n) is 4.68. The molecule has 2 aliphatic rings. The molecule has 3 rings (SSSR count). The molecule has 0 aromatic heterocycles. The van der Waals surface area contributed by atoms with Gasteiger partial charge in [0.05, 0.1) is 5.02 Å². The van der Waals surface area contributed by atoms with Crippen LogP contribution in [0.25, 0.3) is 0 Å². The molecular weight excluding hydrogens is 339 g/mol. The number of nitrogens with zero attached hydrogens (tertiary/aromatic N) is 1. The lowest BCUT2D eigenvalue weighted by Gasteiger charge is -2.32. The Morgan fingerprint density at radius 2 is 1.91 bits per heavy atom. The summed E-state index contributed by atoms with van der Waals surface area (Å²) in [4.78, 5) is 0.00227. The molecule has 1 aliphatic heterocycles. The summed E-state index contributed by atoms with van der Waals surface area (Å²) in [6, 6.07) is 2.78. The Morgan fingerprint density at radius 3 is 2.52 bits per heavy atom. The van der Waals surface area contributed by atoms with Crippen LogP contribution in [0.3, 0.4) is 0 Å². The van der Waals surface area contributed by atoms with E-state index in [1.165, 1.54) is 23.2 Å². The summed E-state index contributed by atoms with van der Waals surface area (Å²) in [5.74, 6) is 0.328. The summed E-state index contributed by atoms with van der Waals surface area (Å²) >= 11 is 5.97. The normalized spacial score (nSPS) is 20.8. The molecule has 0 spiro atoms. The minimum Gasteiger partial charge on any atom is -0.314 e. The predicted octanol–water partition coefficient (Wildman–Crippen LogP) is 2.94. The predicted molar refractivity (Wildman–Crippen MR) is 88.7 cm³/mol. The summed E-state index contributed by atoms with van der Waals surface area (Å²) < 4.78 is 40.5. The van der Waals surface area contributed by atoms with Crippen LogP contribution in [0.15, 0.2) is 17.0 Å². The van der Waals surface area contributed by atoms with Gasteiger partial charge in [0.2, 0.25) is 10.0 Å².